The van der Waals surface area contributed by atoms with Crippen molar-refractivity contribution in [2.24, 2.45) is 0 Å². The third kappa shape index (κ3) is 5.72. The number of hydrogen-bond donors (Lipinski definition) is 2. The number of aryl methyl sites for hydroxylation is 1. The van der Waals surface area contributed by atoms with Crippen molar-refractivity contribution in [1.82, 2.24) is 25.0 Å². The van der Waals surface area contributed by atoms with Crippen LogP contribution in [-0.2, 0) is 29.0 Å². The Bertz CT molecular complexity index is 789. The van der Waals surface area contributed by atoms with E-state index in [4.69, 9.17) is 17.0 Å². The highest BCUT2D eigenvalue weighted by molar-refractivity contribution is 7.71. The molecule has 0 spiro atoms. The zero-order chi connectivity index (χ0) is 19.1. The molecule has 7 nitrogen and oxygen atoms in total. The number of H-pyrrole nitrogens is 1. The molecule has 2 heterocycles. The van der Waals surface area contributed by atoms with Gasteiger partial charge >= 0.3 is 0 Å². The van der Waals surface area contributed by atoms with Crippen molar-refractivity contribution in [3.63, 3.8) is 0 Å². The first-order valence-electron chi connectivity index (χ1n) is 9.44. The molecule has 8 heteroatoms. The van der Waals surface area contributed by atoms with Gasteiger partial charge in [-0.15, -0.1) is 0 Å². The molecule has 0 saturated carbocycles. The van der Waals surface area contributed by atoms with Gasteiger partial charge in [-0.2, -0.15) is 5.10 Å². The van der Waals surface area contributed by atoms with Crippen LogP contribution < -0.4 is 5.32 Å². The summed E-state index contributed by atoms with van der Waals surface area (Å²) >= 11 is 5.23. The molecule has 2 aromatic rings. The van der Waals surface area contributed by atoms with Crippen molar-refractivity contribution in [3.05, 3.63) is 46.5 Å². The Morgan fingerprint density at radius 2 is 2.22 bits per heavy atom. The number of nitrogens with one attached hydrogen (secondary N) is 2. The lowest BCUT2D eigenvalue weighted by Gasteiger charge is -2.33. The van der Waals surface area contributed by atoms with Gasteiger partial charge in [0.25, 0.3) is 0 Å². The maximum atomic E-state index is 12.3. The molecule has 0 radical (unpaired) electrons. The summed E-state index contributed by atoms with van der Waals surface area (Å²) in [5.74, 6) is 0.745. The molecule has 1 aliphatic heterocycles. The molecule has 1 unspecified atom stereocenters. The van der Waals surface area contributed by atoms with Crippen molar-refractivity contribution in [3.8, 4) is 0 Å². The van der Waals surface area contributed by atoms with E-state index in [0.717, 1.165) is 38.3 Å². The van der Waals surface area contributed by atoms with E-state index in [0.29, 0.717) is 17.9 Å². The molecule has 146 valence electrons. The van der Waals surface area contributed by atoms with Crippen LogP contribution >= 0.6 is 12.2 Å². The number of morpholine rings is 1. The van der Waals surface area contributed by atoms with Crippen LogP contribution in [0.15, 0.2) is 30.3 Å². The second kappa shape index (κ2) is 9.77. The quantitative estimate of drug-likeness (QED) is 0.675. The second-order valence-electron chi connectivity index (χ2n) is 6.80. The molecule has 1 atom stereocenters. The summed E-state index contributed by atoms with van der Waals surface area (Å²) in [6.07, 6.45) is 1.74. The number of carbonyl (C=O) groups excluding carboxylic acids is 1. The maximum absolute atomic E-state index is 12.3. The monoisotopic (exact) mass is 389 g/mol. The highest BCUT2D eigenvalue weighted by Crippen LogP contribution is 2.10. The van der Waals surface area contributed by atoms with Crippen LogP contribution in [0.2, 0.25) is 0 Å². The lowest BCUT2D eigenvalue weighted by molar-refractivity contribution is -0.123. The molecule has 1 amide bonds. The van der Waals surface area contributed by atoms with E-state index in [9.17, 15) is 4.79 Å². The molecule has 0 bridgehead atoms. The standard InChI is InChI=1S/C19H27N5O2S/c1-2-6-17-21-22-19(27)24(17)14-18(25)20-11-16-13-23(9-10-26-16)12-15-7-4-3-5-8-15/h3-5,7-8,16H,2,6,9-14H2,1H3,(H,20,25)(H,22,27). The van der Waals surface area contributed by atoms with Gasteiger partial charge in [-0.25, -0.2) is 0 Å². The fourth-order valence-electron chi connectivity index (χ4n) is 3.24. The predicted octanol–water partition coefficient (Wildman–Crippen LogP) is 1.91. The molecule has 2 N–H and O–H groups in total. The van der Waals surface area contributed by atoms with Crippen molar-refractivity contribution in [1.29, 1.82) is 0 Å². The summed E-state index contributed by atoms with van der Waals surface area (Å²) in [7, 11) is 0. The average Bonchev–Trinajstić information content (AvgIpc) is 3.01. The van der Waals surface area contributed by atoms with E-state index < -0.39 is 0 Å². The minimum Gasteiger partial charge on any atom is -0.374 e. The lowest BCUT2D eigenvalue weighted by Crippen LogP contribution is -2.47. The van der Waals surface area contributed by atoms with Gasteiger partial charge < -0.3 is 10.1 Å². The number of aromatic nitrogens is 3. The van der Waals surface area contributed by atoms with E-state index in [1.807, 2.05) is 6.07 Å². The Labute approximate surface area is 164 Å². The fourth-order valence-corrected chi connectivity index (χ4v) is 3.46. The first-order valence-corrected chi connectivity index (χ1v) is 9.85. The van der Waals surface area contributed by atoms with Gasteiger partial charge in [0.15, 0.2) is 4.77 Å². The van der Waals surface area contributed by atoms with Crippen LogP contribution in [0, 0.1) is 4.77 Å². The van der Waals surface area contributed by atoms with Crippen LogP contribution in [0.3, 0.4) is 0 Å². The number of amides is 1. The third-order valence-corrected chi connectivity index (χ3v) is 4.92. The summed E-state index contributed by atoms with van der Waals surface area (Å²) in [4.78, 5) is 14.7. The van der Waals surface area contributed by atoms with Gasteiger partial charge in [-0.3, -0.25) is 19.4 Å². The number of hydrogen-bond acceptors (Lipinski definition) is 5. The van der Waals surface area contributed by atoms with Gasteiger partial charge in [0, 0.05) is 32.6 Å². The summed E-state index contributed by atoms with van der Waals surface area (Å²) in [5, 5.41) is 9.93. The van der Waals surface area contributed by atoms with Crippen LogP contribution in [0.5, 0.6) is 0 Å². The SMILES string of the molecule is CCCc1n[nH]c(=S)n1CC(=O)NCC1CN(Cc2ccccc2)CCO1. The summed E-state index contributed by atoms with van der Waals surface area (Å²) in [6, 6.07) is 10.4. The summed E-state index contributed by atoms with van der Waals surface area (Å²) < 4.78 is 8.06. The molecular weight excluding hydrogens is 362 g/mol. The molecule has 1 aromatic heterocycles. The lowest BCUT2D eigenvalue weighted by atomic mass is 10.2. The number of rotatable bonds is 8. The van der Waals surface area contributed by atoms with Crippen LogP contribution in [0.4, 0.5) is 0 Å². The van der Waals surface area contributed by atoms with E-state index in [1.165, 1.54) is 5.56 Å². The molecule has 27 heavy (non-hydrogen) atoms. The van der Waals surface area contributed by atoms with Crippen LogP contribution in [0.25, 0.3) is 0 Å². The Morgan fingerprint density at radius 3 is 3.00 bits per heavy atom. The minimum absolute atomic E-state index is 0.00107. The number of ether oxygens (including phenoxy) is 1. The van der Waals surface area contributed by atoms with Gasteiger partial charge in [0.1, 0.15) is 12.4 Å². The van der Waals surface area contributed by atoms with E-state index >= 15 is 0 Å². The number of nitrogens with zero attached hydrogens (tertiary/aromatic N) is 3. The van der Waals surface area contributed by atoms with Gasteiger partial charge in [0.05, 0.1) is 12.7 Å². The Balaban J connectivity index is 1.47. The normalized spacial score (nSPS) is 17.7. The molecule has 0 aliphatic carbocycles. The molecular formula is C19H27N5O2S. The van der Waals surface area contributed by atoms with E-state index in [1.54, 1.807) is 4.57 Å². The topological polar surface area (TPSA) is 75.2 Å². The average molecular weight is 390 g/mol. The largest absolute Gasteiger partial charge is 0.374 e. The van der Waals surface area contributed by atoms with Crippen LogP contribution in [0.1, 0.15) is 24.7 Å². The number of benzene rings is 1. The minimum atomic E-state index is -0.0753. The Hall–Kier alpha value is -2.03. The van der Waals surface area contributed by atoms with Crippen LogP contribution in [-0.4, -0.2) is 57.9 Å². The molecule has 1 aliphatic rings. The first-order chi connectivity index (χ1) is 13.2. The first kappa shape index (κ1) is 19.7. The van der Waals surface area contributed by atoms with Gasteiger partial charge in [-0.05, 0) is 24.2 Å². The van der Waals surface area contributed by atoms with Gasteiger partial charge in [-0.1, -0.05) is 37.3 Å². The third-order valence-electron chi connectivity index (χ3n) is 4.61. The van der Waals surface area contributed by atoms with Crippen molar-refractivity contribution >= 4 is 18.1 Å². The summed E-state index contributed by atoms with van der Waals surface area (Å²) in [6.45, 7) is 6.05. The smallest absolute Gasteiger partial charge is 0.240 e. The highest BCUT2D eigenvalue weighted by atomic mass is 32.1. The Morgan fingerprint density at radius 1 is 1.41 bits per heavy atom. The fraction of sp³-hybridized carbons (Fsp3) is 0.526. The molecule has 3 rings (SSSR count). The zero-order valence-electron chi connectivity index (χ0n) is 15.7. The molecule has 1 saturated heterocycles. The van der Waals surface area contributed by atoms with Crippen molar-refractivity contribution in [2.75, 3.05) is 26.2 Å². The Kier molecular flexibility index (Phi) is 7.14. The number of aromatic amines is 1. The van der Waals surface area contributed by atoms with E-state index in [-0.39, 0.29) is 18.6 Å². The molecule has 1 fully saturated rings. The molecule has 1 aromatic carbocycles. The van der Waals surface area contributed by atoms with Crippen molar-refractivity contribution < 1.29 is 9.53 Å². The van der Waals surface area contributed by atoms with Gasteiger partial charge in [0.2, 0.25) is 5.91 Å². The highest BCUT2D eigenvalue weighted by Gasteiger charge is 2.21. The number of carbonyl (C=O) groups is 1. The zero-order valence-corrected chi connectivity index (χ0v) is 16.5. The summed E-state index contributed by atoms with van der Waals surface area (Å²) in [5.41, 5.74) is 1.29. The predicted molar refractivity (Wildman–Crippen MR) is 106 cm³/mol. The van der Waals surface area contributed by atoms with Crippen molar-refractivity contribution in [2.45, 2.75) is 39.0 Å². The van der Waals surface area contributed by atoms with E-state index in [2.05, 4.69) is 51.6 Å². The maximum Gasteiger partial charge on any atom is 0.240 e. The second-order valence-corrected chi connectivity index (χ2v) is 7.19.